The number of rotatable bonds is 6. The van der Waals surface area contributed by atoms with Gasteiger partial charge in [-0.15, -0.1) is 0 Å². The van der Waals surface area contributed by atoms with Gasteiger partial charge in [0.25, 0.3) is 0 Å². The van der Waals surface area contributed by atoms with Crippen molar-refractivity contribution >= 4 is 21.1 Å². The van der Waals surface area contributed by atoms with E-state index in [2.05, 4.69) is 28.5 Å². The van der Waals surface area contributed by atoms with E-state index >= 15 is 0 Å². The number of hydrogen-bond acceptors (Lipinski definition) is 6. The molecule has 0 bridgehead atoms. The van der Waals surface area contributed by atoms with Crippen molar-refractivity contribution in [3.05, 3.63) is 47.8 Å². The molecule has 0 saturated carbocycles. The molecule has 33 heavy (non-hydrogen) atoms. The molecule has 2 aromatic carbocycles. The van der Waals surface area contributed by atoms with Crippen LogP contribution in [-0.2, 0) is 23.1 Å². The summed E-state index contributed by atoms with van der Waals surface area (Å²) in [4.78, 5) is 7.59. The zero-order valence-electron chi connectivity index (χ0n) is 19.3. The molecular weight excluding hydrogens is 440 g/mol. The molecule has 1 aromatic heterocycles. The van der Waals surface area contributed by atoms with Crippen molar-refractivity contribution in [2.45, 2.75) is 43.8 Å². The van der Waals surface area contributed by atoms with Gasteiger partial charge < -0.3 is 14.0 Å². The van der Waals surface area contributed by atoms with Gasteiger partial charge in [0.05, 0.1) is 22.5 Å². The number of imidazole rings is 1. The van der Waals surface area contributed by atoms with Crippen molar-refractivity contribution < 1.29 is 17.9 Å². The smallest absolute Gasteiger partial charge is 0.242 e. The van der Waals surface area contributed by atoms with Crippen molar-refractivity contribution in [2.24, 2.45) is 0 Å². The van der Waals surface area contributed by atoms with Gasteiger partial charge in [-0.05, 0) is 62.2 Å². The Hall–Kier alpha value is -2.62. The maximum Gasteiger partial charge on any atom is 0.242 e. The van der Waals surface area contributed by atoms with E-state index in [4.69, 9.17) is 14.5 Å². The number of hydrogen-bond donors (Lipinski definition) is 0. The standard InChI is InChI=1S/C24H30N4O4S/c1-4-28-21-9-8-18(33(29,30)26(2)3)15-19(21)25-24(28)16-27-11-5-6-20(27)17-7-10-22-23(14-17)32-13-12-31-22/h7-10,14-15,20H,4-6,11-13,16H2,1-3H3/t20-/m0/s1. The zero-order chi connectivity index (χ0) is 23.2. The van der Waals surface area contributed by atoms with Crippen LogP contribution in [0.5, 0.6) is 11.5 Å². The lowest BCUT2D eigenvalue weighted by molar-refractivity contribution is 0.170. The van der Waals surface area contributed by atoms with Crippen LogP contribution in [0.4, 0.5) is 0 Å². The molecule has 9 heteroatoms. The Kier molecular flexibility index (Phi) is 5.80. The zero-order valence-corrected chi connectivity index (χ0v) is 20.1. The van der Waals surface area contributed by atoms with Crippen LogP contribution in [0.3, 0.4) is 0 Å². The first kappa shape index (κ1) is 22.2. The SMILES string of the molecule is CCn1c(CN2CCC[C@H]2c2ccc3c(c2)OCCO3)nc2cc(S(=O)(=O)N(C)C)ccc21. The van der Waals surface area contributed by atoms with E-state index in [1.165, 1.54) is 9.87 Å². The molecular formula is C24H30N4O4S. The third kappa shape index (κ3) is 3.98. The van der Waals surface area contributed by atoms with Gasteiger partial charge in [0.2, 0.25) is 10.0 Å². The van der Waals surface area contributed by atoms with Crippen molar-refractivity contribution in [1.29, 1.82) is 0 Å². The summed E-state index contributed by atoms with van der Waals surface area (Å²) in [6.07, 6.45) is 2.20. The minimum absolute atomic E-state index is 0.266. The Morgan fingerprint density at radius 1 is 1.09 bits per heavy atom. The van der Waals surface area contributed by atoms with E-state index in [1.807, 2.05) is 12.1 Å². The van der Waals surface area contributed by atoms with Crippen LogP contribution in [0.1, 0.15) is 37.2 Å². The van der Waals surface area contributed by atoms with E-state index in [9.17, 15) is 8.42 Å². The summed E-state index contributed by atoms with van der Waals surface area (Å²) >= 11 is 0. The van der Waals surface area contributed by atoms with Gasteiger partial charge in [0.1, 0.15) is 19.0 Å². The van der Waals surface area contributed by atoms with Crippen molar-refractivity contribution in [2.75, 3.05) is 33.9 Å². The summed E-state index contributed by atoms with van der Waals surface area (Å²) in [7, 11) is -0.417. The Morgan fingerprint density at radius 2 is 1.88 bits per heavy atom. The van der Waals surface area contributed by atoms with Crippen molar-refractivity contribution in [3.8, 4) is 11.5 Å². The fourth-order valence-electron chi connectivity index (χ4n) is 4.85. The van der Waals surface area contributed by atoms with E-state index in [-0.39, 0.29) is 10.9 Å². The Morgan fingerprint density at radius 3 is 2.64 bits per heavy atom. The fourth-order valence-corrected chi connectivity index (χ4v) is 5.77. The second kappa shape index (κ2) is 8.62. The first-order valence-corrected chi connectivity index (χ1v) is 12.9. The molecule has 0 unspecified atom stereocenters. The summed E-state index contributed by atoms with van der Waals surface area (Å²) in [5, 5.41) is 0. The lowest BCUT2D eigenvalue weighted by Gasteiger charge is -2.26. The van der Waals surface area contributed by atoms with Crippen LogP contribution >= 0.6 is 0 Å². The van der Waals surface area contributed by atoms with E-state index in [0.29, 0.717) is 25.3 Å². The predicted molar refractivity (Wildman–Crippen MR) is 126 cm³/mol. The number of ether oxygens (including phenoxy) is 2. The monoisotopic (exact) mass is 470 g/mol. The summed E-state index contributed by atoms with van der Waals surface area (Å²) in [5.74, 6) is 2.59. The van der Waals surface area contributed by atoms with Crippen molar-refractivity contribution in [1.82, 2.24) is 18.8 Å². The molecule has 0 N–H and O–H groups in total. The highest BCUT2D eigenvalue weighted by molar-refractivity contribution is 7.89. The van der Waals surface area contributed by atoms with Crippen LogP contribution in [-0.4, -0.2) is 61.0 Å². The van der Waals surface area contributed by atoms with E-state index in [1.54, 1.807) is 26.2 Å². The van der Waals surface area contributed by atoms with Gasteiger partial charge in [0, 0.05) is 26.7 Å². The molecule has 5 rings (SSSR count). The highest BCUT2D eigenvalue weighted by Crippen LogP contribution is 2.38. The number of nitrogens with zero attached hydrogens (tertiary/aromatic N) is 4. The Bertz CT molecular complexity index is 1290. The van der Waals surface area contributed by atoms with Crippen molar-refractivity contribution in [3.63, 3.8) is 0 Å². The van der Waals surface area contributed by atoms with Crippen LogP contribution in [0.25, 0.3) is 11.0 Å². The lowest BCUT2D eigenvalue weighted by Crippen LogP contribution is -2.25. The third-order valence-electron chi connectivity index (χ3n) is 6.55. The molecule has 3 aromatic rings. The summed E-state index contributed by atoms with van der Waals surface area (Å²) in [6, 6.07) is 11.8. The van der Waals surface area contributed by atoms with Gasteiger partial charge in [0.15, 0.2) is 11.5 Å². The third-order valence-corrected chi connectivity index (χ3v) is 8.36. The van der Waals surface area contributed by atoms with Crippen LogP contribution < -0.4 is 9.47 Å². The lowest BCUT2D eigenvalue weighted by atomic mass is 10.0. The van der Waals surface area contributed by atoms with Gasteiger partial charge >= 0.3 is 0 Å². The molecule has 2 aliphatic heterocycles. The minimum Gasteiger partial charge on any atom is -0.486 e. The highest BCUT2D eigenvalue weighted by Gasteiger charge is 2.29. The molecule has 1 fully saturated rings. The molecule has 0 radical (unpaired) electrons. The Balaban J connectivity index is 1.45. The normalized spacial score (nSPS) is 19.0. The summed E-state index contributed by atoms with van der Waals surface area (Å²) in [5.41, 5.74) is 2.90. The molecule has 8 nitrogen and oxygen atoms in total. The second-order valence-corrected chi connectivity index (χ2v) is 10.9. The van der Waals surface area contributed by atoms with Gasteiger partial charge in [-0.1, -0.05) is 6.07 Å². The van der Waals surface area contributed by atoms with Gasteiger partial charge in [-0.2, -0.15) is 0 Å². The first-order valence-electron chi connectivity index (χ1n) is 11.4. The molecule has 0 amide bonds. The summed E-state index contributed by atoms with van der Waals surface area (Å²) in [6.45, 7) is 5.73. The van der Waals surface area contributed by atoms with E-state index < -0.39 is 10.0 Å². The fraction of sp³-hybridized carbons (Fsp3) is 0.458. The van der Waals surface area contributed by atoms with Crippen LogP contribution in [0.2, 0.25) is 0 Å². The average Bonchev–Trinajstić information content (AvgIpc) is 3.42. The molecule has 1 atom stereocenters. The quantitative estimate of drug-likeness (QED) is 0.550. The minimum atomic E-state index is -3.50. The maximum atomic E-state index is 12.6. The number of aryl methyl sites for hydroxylation is 1. The second-order valence-electron chi connectivity index (χ2n) is 8.74. The molecule has 176 valence electrons. The van der Waals surface area contributed by atoms with Gasteiger partial charge in [-0.25, -0.2) is 17.7 Å². The molecule has 2 aliphatic rings. The molecule has 0 spiro atoms. The molecule has 3 heterocycles. The Labute approximate surface area is 194 Å². The number of fused-ring (bicyclic) bond motifs is 2. The first-order chi connectivity index (χ1) is 15.9. The highest BCUT2D eigenvalue weighted by atomic mass is 32.2. The maximum absolute atomic E-state index is 12.6. The number of sulfonamides is 1. The van der Waals surface area contributed by atoms with Gasteiger partial charge in [-0.3, -0.25) is 4.90 Å². The predicted octanol–water partition coefficient (Wildman–Crippen LogP) is 3.41. The number of aromatic nitrogens is 2. The molecule has 1 saturated heterocycles. The van der Waals surface area contributed by atoms with Crippen LogP contribution in [0, 0.1) is 0 Å². The molecule has 0 aliphatic carbocycles. The summed E-state index contributed by atoms with van der Waals surface area (Å²) < 4.78 is 40.0. The topological polar surface area (TPSA) is 76.9 Å². The van der Waals surface area contributed by atoms with Crippen LogP contribution in [0.15, 0.2) is 41.3 Å². The number of likely N-dealkylation sites (tertiary alicyclic amines) is 1. The van der Waals surface area contributed by atoms with E-state index in [0.717, 1.165) is 48.8 Å². The average molecular weight is 471 g/mol. The number of benzene rings is 2. The largest absolute Gasteiger partial charge is 0.486 e.